The Morgan fingerprint density at radius 1 is 1.27 bits per heavy atom. The molecule has 0 aliphatic rings. The quantitative estimate of drug-likeness (QED) is 0.845. The summed E-state index contributed by atoms with van der Waals surface area (Å²) in [5.74, 6) is -2.52. The number of carbonyl (C=O) groups is 2. The van der Waals surface area contributed by atoms with Gasteiger partial charge in [-0.25, -0.2) is 4.79 Å². The number of rotatable bonds is 6. The molecule has 0 heterocycles. The maximum atomic E-state index is 12.3. The second kappa shape index (κ2) is 7.15. The lowest BCUT2D eigenvalue weighted by atomic mass is 10.1. The lowest BCUT2D eigenvalue weighted by molar-refractivity contribution is -0.157. The van der Waals surface area contributed by atoms with E-state index >= 15 is 0 Å². The van der Waals surface area contributed by atoms with Crippen LogP contribution in [0.2, 0.25) is 0 Å². The zero-order valence-corrected chi connectivity index (χ0v) is 12.0. The van der Waals surface area contributed by atoms with Crippen molar-refractivity contribution in [2.24, 2.45) is 0 Å². The molecule has 2 N–H and O–H groups in total. The van der Waals surface area contributed by atoms with E-state index in [4.69, 9.17) is 9.84 Å². The summed E-state index contributed by atoms with van der Waals surface area (Å²) in [7, 11) is 0. The van der Waals surface area contributed by atoms with Gasteiger partial charge < -0.3 is 15.2 Å². The molecule has 0 bridgehead atoms. The van der Waals surface area contributed by atoms with Crippen LogP contribution in [0.4, 0.5) is 13.2 Å². The third kappa shape index (κ3) is 5.63. The van der Waals surface area contributed by atoms with E-state index in [1.165, 1.54) is 18.2 Å². The number of nitrogens with one attached hydrogen (secondary N) is 1. The molecule has 8 heteroatoms. The average molecular weight is 319 g/mol. The lowest BCUT2D eigenvalue weighted by Gasteiger charge is -2.18. The predicted octanol–water partition coefficient (Wildman–Crippen LogP) is 2.61. The number of carboxylic acids is 1. The Bertz CT molecular complexity index is 543. The number of aliphatic carboxylic acids is 1. The standard InChI is InChI=1S/C14H16F3NO4/c1-8(2)22-11-6-4-3-5-9(11)12(19)18-10(13(20)21)7-14(15,16)17/h3-6,8,10H,7H2,1-2H3,(H,18,19)(H,20,21). The number of amides is 1. The zero-order valence-electron chi connectivity index (χ0n) is 12.0. The van der Waals surface area contributed by atoms with E-state index in [1.807, 2.05) is 5.32 Å². The second-order valence-electron chi connectivity index (χ2n) is 4.85. The first-order chi connectivity index (χ1) is 10.1. The molecule has 0 aliphatic carbocycles. The van der Waals surface area contributed by atoms with Gasteiger partial charge in [0.1, 0.15) is 11.8 Å². The number of hydrogen-bond acceptors (Lipinski definition) is 3. The van der Waals surface area contributed by atoms with Crippen LogP contribution in [0, 0.1) is 0 Å². The van der Waals surface area contributed by atoms with Gasteiger partial charge in [0.25, 0.3) is 5.91 Å². The molecule has 0 spiro atoms. The molecule has 1 aromatic carbocycles. The maximum Gasteiger partial charge on any atom is 0.391 e. The van der Waals surface area contributed by atoms with Gasteiger partial charge in [-0.05, 0) is 26.0 Å². The van der Waals surface area contributed by atoms with Gasteiger partial charge >= 0.3 is 12.1 Å². The van der Waals surface area contributed by atoms with E-state index in [9.17, 15) is 22.8 Å². The van der Waals surface area contributed by atoms with E-state index in [-0.39, 0.29) is 17.4 Å². The van der Waals surface area contributed by atoms with Gasteiger partial charge in [-0.3, -0.25) is 4.79 Å². The molecule has 1 amide bonds. The Balaban J connectivity index is 2.93. The third-order valence-electron chi connectivity index (χ3n) is 2.53. The predicted molar refractivity (Wildman–Crippen MR) is 71.8 cm³/mol. The molecule has 0 saturated heterocycles. The second-order valence-corrected chi connectivity index (χ2v) is 4.85. The summed E-state index contributed by atoms with van der Waals surface area (Å²) in [6.07, 6.45) is -6.61. The van der Waals surface area contributed by atoms with Crippen molar-refractivity contribution in [1.82, 2.24) is 5.32 Å². The highest BCUT2D eigenvalue weighted by Crippen LogP contribution is 2.23. The smallest absolute Gasteiger partial charge is 0.391 e. The fourth-order valence-corrected chi connectivity index (χ4v) is 1.68. The molecular formula is C14H16F3NO4. The number of halogens is 3. The molecule has 1 unspecified atom stereocenters. The number of carboxylic acid groups (broad SMARTS) is 1. The fraction of sp³-hybridized carbons (Fsp3) is 0.429. The minimum atomic E-state index is -4.70. The van der Waals surface area contributed by atoms with Gasteiger partial charge in [-0.1, -0.05) is 12.1 Å². The topological polar surface area (TPSA) is 75.6 Å². The van der Waals surface area contributed by atoms with E-state index < -0.39 is 30.5 Å². The Labute approximate surface area is 125 Å². The van der Waals surface area contributed by atoms with Crippen LogP contribution >= 0.6 is 0 Å². The maximum absolute atomic E-state index is 12.3. The van der Waals surface area contributed by atoms with Crippen LogP contribution < -0.4 is 10.1 Å². The van der Waals surface area contributed by atoms with Crippen LogP contribution in [0.5, 0.6) is 5.75 Å². The van der Waals surface area contributed by atoms with Crippen molar-refractivity contribution in [3.63, 3.8) is 0 Å². The Kier molecular flexibility index (Phi) is 5.78. The van der Waals surface area contributed by atoms with Gasteiger partial charge in [0.05, 0.1) is 18.1 Å². The van der Waals surface area contributed by atoms with Gasteiger partial charge in [-0.2, -0.15) is 13.2 Å². The Morgan fingerprint density at radius 3 is 2.36 bits per heavy atom. The summed E-state index contributed by atoms with van der Waals surface area (Å²) in [6, 6.07) is 3.87. The number of carbonyl (C=O) groups excluding carboxylic acids is 1. The molecule has 0 aliphatic heterocycles. The molecule has 0 radical (unpaired) electrons. The van der Waals surface area contributed by atoms with E-state index in [0.717, 1.165) is 0 Å². The van der Waals surface area contributed by atoms with Crippen LogP contribution in [-0.4, -0.2) is 35.3 Å². The number of alkyl halides is 3. The molecule has 122 valence electrons. The van der Waals surface area contributed by atoms with Crippen molar-refractivity contribution >= 4 is 11.9 Å². The largest absolute Gasteiger partial charge is 0.490 e. The first kappa shape index (κ1) is 17.8. The number of hydrogen-bond donors (Lipinski definition) is 2. The number of para-hydroxylation sites is 1. The molecule has 1 aromatic rings. The number of ether oxygens (including phenoxy) is 1. The van der Waals surface area contributed by atoms with E-state index in [1.54, 1.807) is 19.9 Å². The van der Waals surface area contributed by atoms with Crippen LogP contribution in [0.1, 0.15) is 30.6 Å². The van der Waals surface area contributed by atoms with Gasteiger partial charge in [0, 0.05) is 0 Å². The molecule has 1 rings (SSSR count). The highest BCUT2D eigenvalue weighted by Gasteiger charge is 2.36. The first-order valence-electron chi connectivity index (χ1n) is 6.46. The summed E-state index contributed by atoms with van der Waals surface area (Å²) in [4.78, 5) is 22.9. The summed E-state index contributed by atoms with van der Waals surface area (Å²) in [5.41, 5.74) is -0.0235. The molecular weight excluding hydrogens is 303 g/mol. The van der Waals surface area contributed by atoms with Crippen molar-refractivity contribution in [2.75, 3.05) is 0 Å². The van der Waals surface area contributed by atoms with Crippen LogP contribution in [0.25, 0.3) is 0 Å². The molecule has 22 heavy (non-hydrogen) atoms. The molecule has 5 nitrogen and oxygen atoms in total. The highest BCUT2D eigenvalue weighted by atomic mass is 19.4. The zero-order chi connectivity index (χ0) is 16.9. The monoisotopic (exact) mass is 319 g/mol. The minimum absolute atomic E-state index is 0.0235. The number of benzene rings is 1. The van der Waals surface area contributed by atoms with Crippen LogP contribution in [-0.2, 0) is 4.79 Å². The molecule has 0 aromatic heterocycles. The summed E-state index contributed by atoms with van der Waals surface area (Å²) >= 11 is 0. The minimum Gasteiger partial charge on any atom is -0.490 e. The van der Waals surface area contributed by atoms with Crippen molar-refractivity contribution in [3.05, 3.63) is 29.8 Å². The van der Waals surface area contributed by atoms with Gasteiger partial charge in [-0.15, -0.1) is 0 Å². The van der Waals surface area contributed by atoms with Crippen molar-refractivity contribution < 1.29 is 32.6 Å². The molecule has 0 fully saturated rings. The van der Waals surface area contributed by atoms with Crippen LogP contribution in [0.15, 0.2) is 24.3 Å². The van der Waals surface area contributed by atoms with Gasteiger partial charge in [0.2, 0.25) is 0 Å². The first-order valence-corrected chi connectivity index (χ1v) is 6.46. The Hall–Kier alpha value is -2.25. The van der Waals surface area contributed by atoms with Gasteiger partial charge in [0.15, 0.2) is 0 Å². The summed E-state index contributed by atoms with van der Waals surface area (Å²) < 4.78 is 42.4. The summed E-state index contributed by atoms with van der Waals surface area (Å²) in [5, 5.41) is 10.7. The SMILES string of the molecule is CC(C)Oc1ccccc1C(=O)NC(CC(F)(F)F)C(=O)O. The van der Waals surface area contributed by atoms with Crippen LogP contribution in [0.3, 0.4) is 0 Å². The van der Waals surface area contributed by atoms with Crippen molar-refractivity contribution in [2.45, 2.75) is 38.6 Å². The fourth-order valence-electron chi connectivity index (χ4n) is 1.68. The lowest BCUT2D eigenvalue weighted by Crippen LogP contribution is -2.43. The Morgan fingerprint density at radius 2 is 1.86 bits per heavy atom. The normalized spacial score (nSPS) is 12.8. The van der Waals surface area contributed by atoms with E-state index in [2.05, 4.69) is 0 Å². The molecule has 0 saturated carbocycles. The van der Waals surface area contributed by atoms with Crippen molar-refractivity contribution in [3.8, 4) is 5.75 Å². The molecule has 1 atom stereocenters. The van der Waals surface area contributed by atoms with Crippen molar-refractivity contribution in [1.29, 1.82) is 0 Å². The summed E-state index contributed by atoms with van der Waals surface area (Å²) in [6.45, 7) is 3.44. The van der Waals surface area contributed by atoms with E-state index in [0.29, 0.717) is 0 Å². The highest BCUT2D eigenvalue weighted by molar-refractivity contribution is 5.98. The average Bonchev–Trinajstić information content (AvgIpc) is 2.36. The third-order valence-corrected chi connectivity index (χ3v) is 2.53.